The van der Waals surface area contributed by atoms with Gasteiger partial charge in [0, 0.05) is 19.0 Å². The normalized spacial score (nSPS) is 13.8. The Kier molecular flexibility index (Phi) is 5.69. The lowest BCUT2D eigenvalue weighted by molar-refractivity contribution is -0.144. The molecule has 1 unspecified atom stereocenters. The molecular formula is C13H21N3O4. The monoisotopic (exact) mass is 283 g/mol. The van der Waals surface area contributed by atoms with E-state index in [9.17, 15) is 14.7 Å². The minimum absolute atomic E-state index is 0.165. The van der Waals surface area contributed by atoms with Crippen LogP contribution in [0.5, 0.6) is 0 Å². The van der Waals surface area contributed by atoms with Gasteiger partial charge in [-0.15, -0.1) is 0 Å². The van der Waals surface area contributed by atoms with Crippen LogP contribution in [0.3, 0.4) is 0 Å². The average Bonchev–Trinajstić information content (AvgIpc) is 2.74. The number of carbonyl (C=O) groups is 2. The van der Waals surface area contributed by atoms with E-state index in [0.717, 1.165) is 6.42 Å². The van der Waals surface area contributed by atoms with E-state index < -0.39 is 11.5 Å². The zero-order valence-corrected chi connectivity index (χ0v) is 12.0. The van der Waals surface area contributed by atoms with E-state index in [4.69, 9.17) is 4.52 Å². The number of aromatic nitrogens is 1. The van der Waals surface area contributed by atoms with Crippen molar-refractivity contribution in [2.75, 3.05) is 11.9 Å². The molecule has 0 aromatic carbocycles. The van der Waals surface area contributed by atoms with Crippen molar-refractivity contribution in [3.8, 4) is 0 Å². The Hall–Kier alpha value is -1.89. The molecule has 20 heavy (non-hydrogen) atoms. The molecule has 1 heterocycles. The summed E-state index contributed by atoms with van der Waals surface area (Å²) >= 11 is 0. The molecule has 112 valence electrons. The molecule has 1 rings (SSSR count). The fraction of sp³-hybridized carbons (Fsp3) is 0.615. The topological polar surface area (TPSA) is 104 Å². The number of carboxylic acids is 1. The molecule has 1 aromatic rings. The van der Waals surface area contributed by atoms with Gasteiger partial charge in [-0.3, -0.25) is 9.59 Å². The van der Waals surface area contributed by atoms with Gasteiger partial charge in [0.05, 0.1) is 0 Å². The first-order valence-corrected chi connectivity index (χ1v) is 6.59. The van der Waals surface area contributed by atoms with Crippen LogP contribution in [-0.2, 0) is 9.59 Å². The Morgan fingerprint density at radius 2 is 2.20 bits per heavy atom. The Morgan fingerprint density at radius 1 is 1.50 bits per heavy atom. The van der Waals surface area contributed by atoms with E-state index in [-0.39, 0.29) is 18.9 Å². The number of hydrogen-bond acceptors (Lipinski definition) is 5. The third kappa shape index (κ3) is 4.65. The summed E-state index contributed by atoms with van der Waals surface area (Å²) in [5.74, 6) is -0.177. The van der Waals surface area contributed by atoms with Crippen molar-refractivity contribution in [3.63, 3.8) is 0 Å². The van der Waals surface area contributed by atoms with Crippen molar-refractivity contribution in [3.05, 3.63) is 11.8 Å². The average molecular weight is 283 g/mol. The Balaban J connectivity index is 2.39. The molecule has 3 N–H and O–H groups in total. The van der Waals surface area contributed by atoms with Gasteiger partial charge in [0.25, 0.3) is 0 Å². The lowest BCUT2D eigenvalue weighted by Gasteiger charge is -2.25. The number of amides is 1. The molecule has 0 saturated carbocycles. The molecule has 0 aliphatic carbocycles. The van der Waals surface area contributed by atoms with E-state index in [2.05, 4.69) is 15.8 Å². The van der Waals surface area contributed by atoms with E-state index in [1.165, 1.54) is 0 Å². The second-order valence-corrected chi connectivity index (χ2v) is 4.94. The summed E-state index contributed by atoms with van der Waals surface area (Å²) in [6.07, 6.45) is 1.42. The minimum atomic E-state index is -1.00. The van der Waals surface area contributed by atoms with Gasteiger partial charge in [-0.05, 0) is 20.3 Å². The molecule has 0 saturated heterocycles. The summed E-state index contributed by atoms with van der Waals surface area (Å²) in [7, 11) is 0. The molecule has 1 aromatic heterocycles. The summed E-state index contributed by atoms with van der Waals surface area (Å²) in [5, 5.41) is 18.3. The largest absolute Gasteiger partial charge is 0.480 e. The molecule has 1 amide bonds. The zero-order chi connectivity index (χ0) is 15.2. The van der Waals surface area contributed by atoms with Crippen LogP contribution in [-0.4, -0.2) is 34.2 Å². The van der Waals surface area contributed by atoms with Gasteiger partial charge in [-0.25, -0.2) is 0 Å². The van der Waals surface area contributed by atoms with Crippen molar-refractivity contribution >= 4 is 17.7 Å². The Labute approximate surface area is 117 Å². The van der Waals surface area contributed by atoms with Crippen LogP contribution >= 0.6 is 0 Å². The zero-order valence-electron chi connectivity index (χ0n) is 12.0. The number of nitrogens with zero attached hydrogens (tertiary/aromatic N) is 1. The smallest absolute Gasteiger partial charge is 0.323 e. The van der Waals surface area contributed by atoms with Crippen LogP contribution in [0.1, 0.15) is 38.9 Å². The second kappa shape index (κ2) is 7.04. The minimum Gasteiger partial charge on any atom is -0.480 e. The summed E-state index contributed by atoms with van der Waals surface area (Å²) in [5.41, 5.74) is -1.00. The molecule has 0 aliphatic heterocycles. The second-order valence-electron chi connectivity index (χ2n) is 4.94. The lowest BCUT2D eigenvalue weighted by Crippen LogP contribution is -2.50. The highest BCUT2D eigenvalue weighted by atomic mass is 16.5. The van der Waals surface area contributed by atoms with E-state index in [1.807, 2.05) is 6.92 Å². The predicted octanol–water partition coefficient (Wildman–Crippen LogP) is 1.54. The summed E-state index contributed by atoms with van der Waals surface area (Å²) in [6, 6.07) is 1.61. The number of hydrogen-bond donors (Lipinski definition) is 3. The van der Waals surface area contributed by atoms with Crippen LogP contribution in [0.2, 0.25) is 0 Å². The lowest BCUT2D eigenvalue weighted by atomic mass is 9.96. The van der Waals surface area contributed by atoms with Crippen molar-refractivity contribution < 1.29 is 19.2 Å². The highest BCUT2D eigenvalue weighted by Gasteiger charge is 2.31. The summed E-state index contributed by atoms with van der Waals surface area (Å²) < 4.78 is 4.83. The molecule has 0 radical (unpaired) electrons. The Bertz CT molecular complexity index is 472. The van der Waals surface area contributed by atoms with Gasteiger partial charge in [-0.1, -0.05) is 18.5 Å². The quantitative estimate of drug-likeness (QED) is 0.668. The maximum absolute atomic E-state index is 11.7. The predicted molar refractivity (Wildman–Crippen MR) is 73.4 cm³/mol. The maximum Gasteiger partial charge on any atom is 0.323 e. The fourth-order valence-electron chi connectivity index (χ4n) is 1.85. The molecule has 7 nitrogen and oxygen atoms in total. The molecular weight excluding hydrogens is 262 g/mol. The van der Waals surface area contributed by atoms with E-state index in [1.54, 1.807) is 19.9 Å². The first kappa shape index (κ1) is 16.2. The number of carboxylic acid groups (broad SMARTS) is 1. The maximum atomic E-state index is 11.7. The highest BCUT2D eigenvalue weighted by molar-refractivity contribution is 5.89. The van der Waals surface area contributed by atoms with Crippen LogP contribution in [0.15, 0.2) is 10.6 Å². The number of nitrogens with one attached hydrogen (secondary N) is 2. The number of anilines is 1. The van der Waals surface area contributed by atoms with Crippen molar-refractivity contribution in [2.24, 2.45) is 0 Å². The van der Waals surface area contributed by atoms with Crippen LogP contribution in [0.25, 0.3) is 0 Å². The SMILES string of the molecule is CCCC(C)(NCCC(=O)Nc1cc(C)on1)C(=O)O. The van der Waals surface area contributed by atoms with Crippen molar-refractivity contribution in [1.29, 1.82) is 0 Å². The molecule has 0 bridgehead atoms. The van der Waals surface area contributed by atoms with Gasteiger partial charge in [0.15, 0.2) is 5.82 Å². The van der Waals surface area contributed by atoms with Gasteiger partial charge in [0.2, 0.25) is 5.91 Å². The van der Waals surface area contributed by atoms with E-state index in [0.29, 0.717) is 18.0 Å². The summed E-state index contributed by atoms with van der Waals surface area (Å²) in [4.78, 5) is 22.9. The van der Waals surface area contributed by atoms with Gasteiger partial charge in [0.1, 0.15) is 11.3 Å². The number of aliphatic carboxylic acids is 1. The Morgan fingerprint density at radius 3 is 2.70 bits per heavy atom. The van der Waals surface area contributed by atoms with Gasteiger partial charge in [-0.2, -0.15) is 0 Å². The molecule has 0 fully saturated rings. The third-order valence-corrected chi connectivity index (χ3v) is 2.98. The first-order valence-electron chi connectivity index (χ1n) is 6.59. The fourth-order valence-corrected chi connectivity index (χ4v) is 1.85. The van der Waals surface area contributed by atoms with E-state index >= 15 is 0 Å². The molecule has 0 spiro atoms. The van der Waals surface area contributed by atoms with Crippen LogP contribution < -0.4 is 10.6 Å². The molecule has 7 heteroatoms. The number of aryl methyl sites for hydroxylation is 1. The van der Waals surface area contributed by atoms with Crippen LogP contribution in [0.4, 0.5) is 5.82 Å². The van der Waals surface area contributed by atoms with Crippen molar-refractivity contribution in [1.82, 2.24) is 10.5 Å². The van der Waals surface area contributed by atoms with Gasteiger partial charge >= 0.3 is 5.97 Å². The highest BCUT2D eigenvalue weighted by Crippen LogP contribution is 2.12. The number of carbonyl (C=O) groups excluding carboxylic acids is 1. The van der Waals surface area contributed by atoms with Crippen molar-refractivity contribution in [2.45, 2.75) is 45.6 Å². The van der Waals surface area contributed by atoms with Gasteiger partial charge < -0.3 is 20.3 Å². The number of rotatable bonds is 8. The first-order chi connectivity index (χ1) is 9.37. The molecule has 0 aliphatic rings. The third-order valence-electron chi connectivity index (χ3n) is 2.98. The standard InChI is InChI=1S/C13H21N3O4/c1-4-6-13(3,12(18)19)14-7-5-11(17)15-10-8-9(2)20-16-10/h8,14H,4-7H2,1-3H3,(H,18,19)(H,15,16,17). The molecule has 1 atom stereocenters. The summed E-state index contributed by atoms with van der Waals surface area (Å²) in [6.45, 7) is 5.55. The van der Waals surface area contributed by atoms with Crippen LogP contribution in [0, 0.1) is 6.92 Å².